The van der Waals surface area contributed by atoms with Gasteiger partial charge in [-0.05, 0) is 56.4 Å². The van der Waals surface area contributed by atoms with Crippen LogP contribution in [0.15, 0.2) is 29.2 Å². The highest BCUT2D eigenvalue weighted by molar-refractivity contribution is 7.89. The van der Waals surface area contributed by atoms with E-state index in [1.807, 2.05) is 6.92 Å². The van der Waals surface area contributed by atoms with E-state index in [1.165, 1.54) is 23.4 Å². The molecule has 1 saturated carbocycles. The second-order valence-electron chi connectivity index (χ2n) is 7.02. The van der Waals surface area contributed by atoms with Gasteiger partial charge in [0.05, 0.1) is 10.8 Å². The number of carbonyl (C=O) groups is 2. The van der Waals surface area contributed by atoms with Crippen LogP contribution in [-0.2, 0) is 24.3 Å². The summed E-state index contributed by atoms with van der Waals surface area (Å²) >= 11 is 0. The van der Waals surface area contributed by atoms with E-state index in [0.29, 0.717) is 24.7 Å². The number of ether oxygens (including phenoxy) is 1. The summed E-state index contributed by atoms with van der Waals surface area (Å²) in [5, 5.41) is 2.64. The van der Waals surface area contributed by atoms with Crippen LogP contribution >= 0.6 is 0 Å². The van der Waals surface area contributed by atoms with Gasteiger partial charge < -0.3 is 10.1 Å². The van der Waals surface area contributed by atoms with E-state index in [0.717, 1.165) is 19.3 Å². The van der Waals surface area contributed by atoms with Crippen molar-refractivity contribution in [2.24, 2.45) is 11.8 Å². The molecule has 1 aromatic rings. The summed E-state index contributed by atoms with van der Waals surface area (Å²) in [6, 6.07) is 6.04. The third kappa shape index (κ3) is 4.07. The summed E-state index contributed by atoms with van der Waals surface area (Å²) in [5.74, 6) is -0.558. The number of hydrogen-bond acceptors (Lipinski definition) is 5. The Labute approximate surface area is 153 Å². The van der Waals surface area contributed by atoms with Gasteiger partial charge in [0, 0.05) is 18.8 Å². The van der Waals surface area contributed by atoms with Crippen molar-refractivity contribution >= 4 is 27.6 Å². The fourth-order valence-electron chi connectivity index (χ4n) is 3.00. The summed E-state index contributed by atoms with van der Waals surface area (Å²) in [6.07, 6.45) is 1.66. The Morgan fingerprint density at radius 1 is 1.19 bits per heavy atom. The van der Waals surface area contributed by atoms with Crippen molar-refractivity contribution in [2.75, 3.05) is 18.4 Å². The Morgan fingerprint density at radius 3 is 2.31 bits per heavy atom. The molecule has 1 aromatic carbocycles. The summed E-state index contributed by atoms with van der Waals surface area (Å²) < 4.78 is 31.6. The number of nitrogens with one attached hydrogen (secondary N) is 1. The van der Waals surface area contributed by atoms with Gasteiger partial charge in [-0.25, -0.2) is 8.42 Å². The monoisotopic (exact) mass is 380 g/mol. The van der Waals surface area contributed by atoms with Gasteiger partial charge in [0.1, 0.15) is 0 Å². The van der Waals surface area contributed by atoms with Crippen molar-refractivity contribution in [1.29, 1.82) is 0 Å². The van der Waals surface area contributed by atoms with E-state index in [2.05, 4.69) is 5.32 Å². The molecule has 1 amide bonds. The molecule has 0 spiro atoms. The number of esters is 1. The lowest BCUT2D eigenvalue weighted by Crippen LogP contribution is -2.30. The van der Waals surface area contributed by atoms with Gasteiger partial charge in [-0.3, -0.25) is 9.59 Å². The third-order valence-electron chi connectivity index (χ3n) is 4.90. The van der Waals surface area contributed by atoms with Gasteiger partial charge in [-0.1, -0.05) is 6.92 Å². The second kappa shape index (κ2) is 7.36. The topological polar surface area (TPSA) is 92.8 Å². The van der Waals surface area contributed by atoms with Crippen LogP contribution in [0.1, 0.15) is 33.1 Å². The molecule has 8 heteroatoms. The molecule has 0 unspecified atom stereocenters. The number of sulfonamides is 1. The predicted octanol–water partition coefficient (Wildman–Crippen LogP) is 2.00. The van der Waals surface area contributed by atoms with Crippen LogP contribution in [-0.4, -0.2) is 43.8 Å². The van der Waals surface area contributed by atoms with Crippen molar-refractivity contribution in [1.82, 2.24) is 4.31 Å². The maximum Gasteiger partial charge on any atom is 0.309 e. The molecular formula is C18H24N2O5S. The third-order valence-corrected chi connectivity index (χ3v) is 6.81. The minimum Gasteiger partial charge on any atom is -0.452 e. The lowest BCUT2D eigenvalue weighted by Gasteiger charge is -2.16. The van der Waals surface area contributed by atoms with E-state index in [4.69, 9.17) is 4.74 Å². The number of anilines is 1. The standard InChI is InChI=1S/C18H24N2O5S/c1-12-11-16(12)18(22)25-13(2)17(21)19-14-5-7-15(8-6-14)26(23,24)20-9-3-4-10-20/h5-8,12-13,16H,3-4,9-11H2,1-2H3,(H,19,21)/t12-,13-,16+/m0/s1. The van der Waals surface area contributed by atoms with E-state index in [1.54, 1.807) is 12.1 Å². The molecule has 1 aliphatic carbocycles. The Kier molecular flexibility index (Phi) is 5.34. The van der Waals surface area contributed by atoms with Crippen LogP contribution in [0.25, 0.3) is 0 Å². The maximum absolute atomic E-state index is 12.5. The van der Waals surface area contributed by atoms with Gasteiger partial charge in [0.2, 0.25) is 10.0 Å². The summed E-state index contributed by atoms with van der Waals surface area (Å²) in [5.41, 5.74) is 0.457. The zero-order valence-electron chi connectivity index (χ0n) is 15.0. The SMILES string of the molecule is C[C@H](OC(=O)[C@@H]1C[C@@H]1C)C(=O)Nc1ccc(S(=O)(=O)N2CCCC2)cc1. The summed E-state index contributed by atoms with van der Waals surface area (Å²) in [7, 11) is -3.47. The number of hydrogen-bond donors (Lipinski definition) is 1. The lowest BCUT2D eigenvalue weighted by molar-refractivity contribution is -0.154. The van der Waals surface area contributed by atoms with Crippen molar-refractivity contribution in [3.05, 3.63) is 24.3 Å². The van der Waals surface area contributed by atoms with E-state index in [-0.39, 0.29) is 16.8 Å². The highest BCUT2D eigenvalue weighted by atomic mass is 32.2. The van der Waals surface area contributed by atoms with Crippen molar-refractivity contribution in [3.63, 3.8) is 0 Å². The average Bonchev–Trinajstić information content (AvgIpc) is 3.10. The largest absolute Gasteiger partial charge is 0.452 e. The zero-order valence-corrected chi connectivity index (χ0v) is 15.8. The fraction of sp³-hybridized carbons (Fsp3) is 0.556. The predicted molar refractivity (Wildman–Crippen MR) is 95.9 cm³/mol. The van der Waals surface area contributed by atoms with E-state index in [9.17, 15) is 18.0 Å². The average molecular weight is 380 g/mol. The normalized spacial score (nSPS) is 24.1. The Bertz CT molecular complexity index is 784. The van der Waals surface area contributed by atoms with Crippen molar-refractivity contribution < 1.29 is 22.7 Å². The minimum atomic E-state index is -3.47. The van der Waals surface area contributed by atoms with Gasteiger partial charge in [0.15, 0.2) is 6.10 Å². The maximum atomic E-state index is 12.5. The first kappa shape index (κ1) is 18.8. The first-order valence-electron chi connectivity index (χ1n) is 8.90. The molecule has 0 bridgehead atoms. The van der Waals surface area contributed by atoms with Gasteiger partial charge in [0.25, 0.3) is 5.91 Å². The highest BCUT2D eigenvalue weighted by Gasteiger charge is 2.41. The van der Waals surface area contributed by atoms with E-state index < -0.39 is 22.0 Å². The number of rotatable bonds is 6. The zero-order chi connectivity index (χ0) is 18.9. The van der Waals surface area contributed by atoms with Gasteiger partial charge in [-0.15, -0.1) is 0 Å². The molecule has 3 rings (SSSR count). The fourth-order valence-corrected chi connectivity index (χ4v) is 4.51. The molecule has 1 aliphatic heterocycles. The molecule has 1 N–H and O–H groups in total. The highest BCUT2D eigenvalue weighted by Crippen LogP contribution is 2.38. The van der Waals surface area contributed by atoms with Crippen LogP contribution in [0.5, 0.6) is 0 Å². The minimum absolute atomic E-state index is 0.0969. The summed E-state index contributed by atoms with van der Waals surface area (Å²) in [6.45, 7) is 4.58. The molecule has 2 fully saturated rings. The first-order valence-corrected chi connectivity index (χ1v) is 10.3. The first-order chi connectivity index (χ1) is 12.3. The lowest BCUT2D eigenvalue weighted by atomic mass is 10.3. The van der Waals surface area contributed by atoms with Crippen LogP contribution < -0.4 is 5.32 Å². The Hall–Kier alpha value is -1.93. The van der Waals surface area contributed by atoms with Crippen LogP contribution in [0.2, 0.25) is 0 Å². The molecule has 7 nitrogen and oxygen atoms in total. The van der Waals surface area contributed by atoms with Crippen LogP contribution in [0.4, 0.5) is 5.69 Å². The van der Waals surface area contributed by atoms with Crippen LogP contribution in [0.3, 0.4) is 0 Å². The molecule has 2 aliphatic rings. The quantitative estimate of drug-likeness (QED) is 0.762. The molecular weight excluding hydrogens is 356 g/mol. The number of nitrogens with zero attached hydrogens (tertiary/aromatic N) is 1. The number of carbonyl (C=O) groups excluding carboxylic acids is 2. The van der Waals surface area contributed by atoms with Crippen molar-refractivity contribution in [2.45, 2.75) is 44.1 Å². The molecule has 0 aromatic heterocycles. The molecule has 142 valence electrons. The number of benzene rings is 1. The second-order valence-corrected chi connectivity index (χ2v) is 8.96. The Balaban J connectivity index is 1.58. The van der Waals surface area contributed by atoms with E-state index >= 15 is 0 Å². The number of amides is 1. The Morgan fingerprint density at radius 2 is 1.77 bits per heavy atom. The smallest absolute Gasteiger partial charge is 0.309 e. The molecule has 1 heterocycles. The van der Waals surface area contributed by atoms with Crippen LogP contribution in [0, 0.1) is 11.8 Å². The molecule has 26 heavy (non-hydrogen) atoms. The molecule has 3 atom stereocenters. The van der Waals surface area contributed by atoms with Gasteiger partial charge in [-0.2, -0.15) is 4.31 Å². The molecule has 1 saturated heterocycles. The molecule has 0 radical (unpaired) electrons. The summed E-state index contributed by atoms with van der Waals surface area (Å²) in [4.78, 5) is 24.1. The van der Waals surface area contributed by atoms with Crippen molar-refractivity contribution in [3.8, 4) is 0 Å². The van der Waals surface area contributed by atoms with Gasteiger partial charge >= 0.3 is 5.97 Å².